The number of sulfonamides is 1. The molecule has 2 rings (SSSR count). The van der Waals surface area contributed by atoms with Gasteiger partial charge in [0, 0.05) is 17.0 Å². The van der Waals surface area contributed by atoms with Gasteiger partial charge < -0.3 is 0 Å². The average Bonchev–Trinajstić information content (AvgIpc) is 2.75. The first-order valence-electron chi connectivity index (χ1n) is 6.31. The van der Waals surface area contributed by atoms with E-state index in [1.807, 2.05) is 39.0 Å². The summed E-state index contributed by atoms with van der Waals surface area (Å²) in [6.45, 7) is 5.59. The summed E-state index contributed by atoms with van der Waals surface area (Å²) in [5.41, 5.74) is 0.319. The van der Waals surface area contributed by atoms with Crippen molar-refractivity contribution in [3.8, 4) is 0 Å². The van der Waals surface area contributed by atoms with Crippen LogP contribution < -0.4 is 5.14 Å². The first kappa shape index (κ1) is 15.9. The van der Waals surface area contributed by atoms with Crippen molar-refractivity contribution >= 4 is 21.6 Å². The highest BCUT2D eigenvalue weighted by Gasteiger charge is 2.28. The second-order valence-electron chi connectivity index (χ2n) is 5.72. The lowest BCUT2D eigenvalue weighted by molar-refractivity contribution is 0.351. The van der Waals surface area contributed by atoms with E-state index < -0.39 is 15.6 Å². The second kappa shape index (κ2) is 5.40. The molecule has 0 unspecified atom stereocenters. The third-order valence-corrected chi connectivity index (χ3v) is 4.07. The van der Waals surface area contributed by atoms with E-state index in [0.29, 0.717) is 17.3 Å². The molecule has 0 aliphatic carbocycles. The molecule has 0 spiro atoms. The zero-order valence-electron chi connectivity index (χ0n) is 12.0. The van der Waals surface area contributed by atoms with Gasteiger partial charge in [0.2, 0.25) is 0 Å². The minimum atomic E-state index is -3.94. The number of hydrogen-bond donors (Lipinski definition) is 1. The van der Waals surface area contributed by atoms with E-state index in [-0.39, 0.29) is 5.16 Å². The van der Waals surface area contributed by atoms with E-state index in [1.165, 1.54) is 4.57 Å². The predicted octanol–water partition coefficient (Wildman–Crippen LogP) is 1.92. The SMILES string of the molecule is CC(C)(C)n1c(Cc2ccccc2Cl)nnc1S(N)(=O)=O. The molecule has 6 nitrogen and oxygen atoms in total. The fraction of sp³-hybridized carbons (Fsp3) is 0.385. The summed E-state index contributed by atoms with van der Waals surface area (Å²) in [5.74, 6) is 0.500. The molecule has 1 aromatic heterocycles. The van der Waals surface area contributed by atoms with Gasteiger partial charge in [0.15, 0.2) is 0 Å². The first-order chi connectivity index (χ1) is 9.60. The lowest BCUT2D eigenvalue weighted by atomic mass is 10.1. The maximum atomic E-state index is 11.7. The fourth-order valence-electron chi connectivity index (χ4n) is 2.09. The largest absolute Gasteiger partial charge is 0.295 e. The molecule has 0 saturated heterocycles. The van der Waals surface area contributed by atoms with Crippen molar-refractivity contribution < 1.29 is 8.42 Å². The molecule has 114 valence electrons. The number of hydrogen-bond acceptors (Lipinski definition) is 4. The molecule has 0 saturated carbocycles. The van der Waals surface area contributed by atoms with Crippen LogP contribution in [0.1, 0.15) is 32.2 Å². The van der Waals surface area contributed by atoms with Gasteiger partial charge >= 0.3 is 0 Å². The van der Waals surface area contributed by atoms with Crippen LogP contribution in [-0.2, 0) is 22.0 Å². The van der Waals surface area contributed by atoms with Crippen LogP contribution in [0.15, 0.2) is 29.4 Å². The second-order valence-corrected chi connectivity index (χ2v) is 7.58. The third-order valence-electron chi connectivity index (χ3n) is 2.93. The fourth-order valence-corrected chi connectivity index (χ4v) is 3.08. The van der Waals surface area contributed by atoms with Crippen molar-refractivity contribution in [2.75, 3.05) is 0 Å². The van der Waals surface area contributed by atoms with Gasteiger partial charge in [-0.1, -0.05) is 29.8 Å². The lowest BCUT2D eigenvalue weighted by Crippen LogP contribution is -2.30. The summed E-state index contributed by atoms with van der Waals surface area (Å²) in [4.78, 5) is 0. The normalized spacial score (nSPS) is 12.6. The van der Waals surface area contributed by atoms with E-state index in [9.17, 15) is 8.42 Å². The van der Waals surface area contributed by atoms with Crippen LogP contribution in [0.4, 0.5) is 0 Å². The Morgan fingerprint density at radius 1 is 1.24 bits per heavy atom. The molecule has 0 atom stereocenters. The number of nitrogens with two attached hydrogens (primary N) is 1. The lowest BCUT2D eigenvalue weighted by Gasteiger charge is -2.24. The minimum Gasteiger partial charge on any atom is -0.295 e. The third kappa shape index (κ3) is 3.42. The van der Waals surface area contributed by atoms with E-state index in [1.54, 1.807) is 6.07 Å². The van der Waals surface area contributed by atoms with Crippen LogP contribution in [0, 0.1) is 0 Å². The quantitative estimate of drug-likeness (QED) is 0.931. The highest BCUT2D eigenvalue weighted by Crippen LogP contribution is 2.24. The Balaban J connectivity index is 2.56. The predicted molar refractivity (Wildman–Crippen MR) is 80.6 cm³/mol. The zero-order valence-corrected chi connectivity index (χ0v) is 13.6. The minimum absolute atomic E-state index is 0.239. The van der Waals surface area contributed by atoms with Crippen LogP contribution in [0.3, 0.4) is 0 Å². The molecule has 1 heterocycles. The van der Waals surface area contributed by atoms with Gasteiger partial charge in [0.05, 0.1) is 0 Å². The number of primary sulfonamides is 1. The molecule has 2 N–H and O–H groups in total. The van der Waals surface area contributed by atoms with E-state index in [4.69, 9.17) is 16.7 Å². The number of nitrogens with zero attached hydrogens (tertiary/aromatic N) is 3. The molecule has 0 amide bonds. The Morgan fingerprint density at radius 2 is 1.86 bits per heavy atom. The molecular formula is C13H17ClN4O2S. The van der Waals surface area contributed by atoms with Crippen molar-refractivity contribution in [3.63, 3.8) is 0 Å². The van der Waals surface area contributed by atoms with E-state index in [2.05, 4.69) is 10.2 Å². The molecule has 0 bridgehead atoms. The van der Waals surface area contributed by atoms with Gasteiger partial charge in [0.25, 0.3) is 15.2 Å². The van der Waals surface area contributed by atoms with Crippen LogP contribution in [0.25, 0.3) is 0 Å². The van der Waals surface area contributed by atoms with Gasteiger partial charge in [-0.15, -0.1) is 10.2 Å². The maximum Gasteiger partial charge on any atom is 0.273 e. The maximum absolute atomic E-state index is 11.7. The Bertz CT molecular complexity index is 763. The van der Waals surface area contributed by atoms with Gasteiger partial charge in [-0.25, -0.2) is 13.6 Å². The van der Waals surface area contributed by atoms with Crippen molar-refractivity contribution in [2.24, 2.45) is 5.14 Å². The van der Waals surface area contributed by atoms with Crippen molar-refractivity contribution in [1.29, 1.82) is 0 Å². The molecule has 0 fully saturated rings. The summed E-state index contributed by atoms with van der Waals surface area (Å²) in [5, 5.41) is 13.3. The Labute approximate surface area is 129 Å². The molecular weight excluding hydrogens is 312 g/mol. The van der Waals surface area contributed by atoms with Crippen LogP contribution in [0.5, 0.6) is 0 Å². The van der Waals surface area contributed by atoms with Crippen molar-refractivity contribution in [2.45, 2.75) is 37.9 Å². The van der Waals surface area contributed by atoms with E-state index in [0.717, 1.165) is 5.56 Å². The standard InChI is InChI=1S/C13H17ClN4O2S/c1-13(2,3)18-11(16-17-12(18)21(15,19)20)8-9-6-4-5-7-10(9)14/h4-7H,8H2,1-3H3,(H2,15,19,20). The number of rotatable bonds is 3. The molecule has 0 radical (unpaired) electrons. The van der Waals surface area contributed by atoms with Crippen molar-refractivity contribution in [1.82, 2.24) is 14.8 Å². The average molecular weight is 329 g/mol. The molecule has 2 aromatic rings. The molecule has 0 aliphatic heterocycles. The monoisotopic (exact) mass is 328 g/mol. The molecule has 8 heteroatoms. The summed E-state index contributed by atoms with van der Waals surface area (Å²) in [6.07, 6.45) is 0.374. The summed E-state index contributed by atoms with van der Waals surface area (Å²) in [7, 11) is -3.94. The van der Waals surface area contributed by atoms with Gasteiger partial charge in [0.1, 0.15) is 5.82 Å². The smallest absolute Gasteiger partial charge is 0.273 e. The highest BCUT2D eigenvalue weighted by molar-refractivity contribution is 7.89. The summed E-state index contributed by atoms with van der Waals surface area (Å²) in [6, 6.07) is 7.32. The summed E-state index contributed by atoms with van der Waals surface area (Å²) < 4.78 is 24.9. The summed E-state index contributed by atoms with van der Waals surface area (Å²) >= 11 is 6.14. The van der Waals surface area contributed by atoms with E-state index >= 15 is 0 Å². The van der Waals surface area contributed by atoms with Crippen LogP contribution in [-0.4, -0.2) is 23.2 Å². The topological polar surface area (TPSA) is 90.9 Å². The van der Waals surface area contributed by atoms with Gasteiger partial charge in [-0.05, 0) is 32.4 Å². The first-order valence-corrected chi connectivity index (χ1v) is 8.24. The number of aromatic nitrogens is 3. The number of halogens is 1. The zero-order chi connectivity index (χ0) is 15.8. The Hall–Kier alpha value is -1.44. The molecule has 1 aromatic carbocycles. The van der Waals surface area contributed by atoms with Gasteiger partial charge in [-0.3, -0.25) is 4.57 Å². The van der Waals surface area contributed by atoms with Crippen molar-refractivity contribution in [3.05, 3.63) is 40.7 Å². The number of benzene rings is 1. The Kier molecular flexibility index (Phi) is 4.10. The highest BCUT2D eigenvalue weighted by atomic mass is 35.5. The molecule has 0 aliphatic rings. The Morgan fingerprint density at radius 3 is 2.38 bits per heavy atom. The van der Waals surface area contributed by atoms with Gasteiger partial charge in [-0.2, -0.15) is 0 Å². The van der Waals surface area contributed by atoms with Crippen LogP contribution >= 0.6 is 11.6 Å². The van der Waals surface area contributed by atoms with Crippen LogP contribution in [0.2, 0.25) is 5.02 Å². The molecule has 21 heavy (non-hydrogen) atoms.